The van der Waals surface area contributed by atoms with E-state index in [1.807, 2.05) is 62.7 Å². The van der Waals surface area contributed by atoms with Crippen molar-refractivity contribution in [3.63, 3.8) is 0 Å². The fourth-order valence-corrected chi connectivity index (χ4v) is 3.20. The first-order valence-corrected chi connectivity index (χ1v) is 9.63. The molecule has 1 fully saturated rings. The van der Waals surface area contributed by atoms with Crippen molar-refractivity contribution in [2.24, 2.45) is 0 Å². The normalized spacial score (nSPS) is 15.4. The van der Waals surface area contributed by atoms with Crippen LogP contribution in [0.15, 0.2) is 36.5 Å². The topological polar surface area (TPSA) is 76.5 Å². The summed E-state index contributed by atoms with van der Waals surface area (Å²) in [6.07, 6.45) is 2.90. The largest absolute Gasteiger partial charge is 0.444 e. The molecule has 0 aliphatic carbocycles. The van der Waals surface area contributed by atoms with Crippen LogP contribution in [0.2, 0.25) is 0 Å². The van der Waals surface area contributed by atoms with Crippen LogP contribution in [0.3, 0.4) is 0 Å². The minimum atomic E-state index is -0.497. The number of carbonyl (C=O) groups is 2. The predicted octanol–water partition coefficient (Wildman–Crippen LogP) is 3.31. The number of amides is 2. The number of ether oxygens (including phenoxy) is 1. The summed E-state index contributed by atoms with van der Waals surface area (Å²) in [5.41, 5.74) is 2.07. The van der Waals surface area contributed by atoms with Gasteiger partial charge in [-0.15, -0.1) is 0 Å². The molecule has 1 N–H and O–H groups in total. The maximum atomic E-state index is 12.5. The maximum Gasteiger partial charge on any atom is 0.410 e. The van der Waals surface area contributed by atoms with Crippen molar-refractivity contribution < 1.29 is 14.3 Å². The molecule has 0 bridgehead atoms. The van der Waals surface area contributed by atoms with E-state index < -0.39 is 5.60 Å². The number of rotatable bonds is 3. The van der Waals surface area contributed by atoms with E-state index in [0.29, 0.717) is 18.7 Å². The third kappa shape index (κ3) is 4.91. The molecule has 150 valence electrons. The van der Waals surface area contributed by atoms with Crippen LogP contribution >= 0.6 is 0 Å². The van der Waals surface area contributed by atoms with Gasteiger partial charge in [0, 0.05) is 36.6 Å². The zero-order chi connectivity index (χ0) is 20.3. The van der Waals surface area contributed by atoms with Crippen molar-refractivity contribution in [2.75, 3.05) is 13.1 Å². The number of benzene rings is 1. The van der Waals surface area contributed by atoms with Gasteiger partial charge >= 0.3 is 6.09 Å². The number of piperidine rings is 1. The van der Waals surface area contributed by atoms with Crippen LogP contribution in [0.5, 0.6) is 0 Å². The molecule has 28 heavy (non-hydrogen) atoms. The first kappa shape index (κ1) is 19.9. The van der Waals surface area contributed by atoms with Crippen LogP contribution in [0, 0.1) is 6.92 Å². The summed E-state index contributed by atoms with van der Waals surface area (Å²) in [5.74, 6) is -0.0977. The number of aromatic nitrogens is 2. The van der Waals surface area contributed by atoms with E-state index in [0.717, 1.165) is 24.2 Å². The summed E-state index contributed by atoms with van der Waals surface area (Å²) in [7, 11) is 0. The maximum absolute atomic E-state index is 12.5. The van der Waals surface area contributed by atoms with Gasteiger partial charge < -0.3 is 15.0 Å². The van der Waals surface area contributed by atoms with Gasteiger partial charge in [-0.1, -0.05) is 0 Å². The Morgan fingerprint density at radius 3 is 2.29 bits per heavy atom. The van der Waals surface area contributed by atoms with E-state index in [1.54, 1.807) is 11.1 Å². The Hall–Kier alpha value is -2.83. The Labute approximate surface area is 165 Å². The highest BCUT2D eigenvalue weighted by molar-refractivity contribution is 5.94. The molecule has 0 radical (unpaired) electrons. The van der Waals surface area contributed by atoms with E-state index in [9.17, 15) is 9.59 Å². The lowest BCUT2D eigenvalue weighted by atomic mass is 10.0. The van der Waals surface area contributed by atoms with Crippen LogP contribution in [0.4, 0.5) is 4.79 Å². The van der Waals surface area contributed by atoms with Crippen molar-refractivity contribution in [1.82, 2.24) is 20.0 Å². The first-order chi connectivity index (χ1) is 13.2. The van der Waals surface area contributed by atoms with Gasteiger partial charge in [-0.05, 0) is 70.9 Å². The fourth-order valence-electron chi connectivity index (χ4n) is 3.20. The van der Waals surface area contributed by atoms with E-state index in [2.05, 4.69) is 10.4 Å². The standard InChI is InChI=1S/C21H28N4O3/c1-15-9-12-22-25(15)18-7-5-16(6-8-18)19(26)23-17-10-13-24(14-11-17)20(27)28-21(2,3)4/h5-9,12,17H,10-11,13-14H2,1-4H3,(H,23,26). The fraction of sp³-hybridized carbons (Fsp3) is 0.476. The average Bonchev–Trinajstić information content (AvgIpc) is 3.07. The van der Waals surface area contributed by atoms with Crippen LogP contribution in [-0.2, 0) is 4.74 Å². The Kier molecular flexibility index (Phi) is 5.72. The highest BCUT2D eigenvalue weighted by atomic mass is 16.6. The first-order valence-electron chi connectivity index (χ1n) is 9.63. The van der Waals surface area contributed by atoms with Crippen molar-refractivity contribution >= 4 is 12.0 Å². The molecule has 0 spiro atoms. The zero-order valence-corrected chi connectivity index (χ0v) is 16.9. The molecule has 1 aromatic heterocycles. The number of hydrogen-bond acceptors (Lipinski definition) is 4. The summed E-state index contributed by atoms with van der Waals surface area (Å²) in [4.78, 5) is 26.4. The smallest absolute Gasteiger partial charge is 0.410 e. The van der Waals surface area contributed by atoms with Crippen LogP contribution in [-0.4, -0.2) is 51.4 Å². The van der Waals surface area contributed by atoms with Gasteiger partial charge in [0.1, 0.15) is 5.60 Å². The van der Waals surface area contributed by atoms with E-state index >= 15 is 0 Å². The van der Waals surface area contributed by atoms with Gasteiger partial charge in [-0.25, -0.2) is 9.48 Å². The molecule has 2 amide bonds. The summed E-state index contributed by atoms with van der Waals surface area (Å²) in [6, 6.07) is 9.38. The highest BCUT2D eigenvalue weighted by Crippen LogP contribution is 2.16. The molecule has 7 heteroatoms. The third-order valence-corrected chi connectivity index (χ3v) is 4.69. The molecule has 1 aromatic carbocycles. The lowest BCUT2D eigenvalue weighted by Crippen LogP contribution is -2.47. The van der Waals surface area contributed by atoms with E-state index in [4.69, 9.17) is 4.74 Å². The molecule has 1 aliphatic rings. The number of hydrogen-bond donors (Lipinski definition) is 1. The molecule has 0 unspecified atom stereocenters. The molecule has 3 rings (SSSR count). The van der Waals surface area contributed by atoms with Crippen molar-refractivity contribution in [2.45, 2.75) is 52.2 Å². The molecule has 0 atom stereocenters. The SMILES string of the molecule is Cc1ccnn1-c1ccc(C(=O)NC2CCN(C(=O)OC(C)(C)C)CC2)cc1. The zero-order valence-electron chi connectivity index (χ0n) is 16.9. The molecule has 1 saturated heterocycles. The lowest BCUT2D eigenvalue weighted by Gasteiger charge is -2.33. The number of nitrogens with one attached hydrogen (secondary N) is 1. The van der Waals surface area contributed by atoms with E-state index in [1.165, 1.54) is 0 Å². The molecule has 0 saturated carbocycles. The second-order valence-corrected chi connectivity index (χ2v) is 8.15. The minimum Gasteiger partial charge on any atom is -0.444 e. The van der Waals surface area contributed by atoms with Gasteiger partial charge in [-0.2, -0.15) is 5.10 Å². The quantitative estimate of drug-likeness (QED) is 0.881. The number of nitrogens with zero attached hydrogens (tertiary/aromatic N) is 3. The molecule has 2 aromatic rings. The summed E-state index contributed by atoms with van der Waals surface area (Å²) >= 11 is 0. The van der Waals surface area contributed by atoms with Crippen molar-refractivity contribution in [3.8, 4) is 5.69 Å². The second-order valence-electron chi connectivity index (χ2n) is 8.15. The van der Waals surface area contributed by atoms with Gasteiger partial charge in [0.2, 0.25) is 0 Å². The van der Waals surface area contributed by atoms with Gasteiger partial charge in [0.05, 0.1) is 5.69 Å². The van der Waals surface area contributed by atoms with Crippen LogP contribution in [0.1, 0.15) is 49.7 Å². The van der Waals surface area contributed by atoms with Crippen molar-refractivity contribution in [1.29, 1.82) is 0 Å². The second kappa shape index (κ2) is 8.04. The van der Waals surface area contributed by atoms with Gasteiger partial charge in [0.15, 0.2) is 0 Å². The lowest BCUT2D eigenvalue weighted by molar-refractivity contribution is 0.0199. The molecule has 7 nitrogen and oxygen atoms in total. The molecular formula is C21H28N4O3. The van der Waals surface area contributed by atoms with Gasteiger partial charge in [0.25, 0.3) is 5.91 Å². The summed E-state index contributed by atoms with van der Waals surface area (Å²) in [5, 5.41) is 7.34. The molecule has 1 aliphatic heterocycles. The Balaban J connectivity index is 1.52. The molecule has 2 heterocycles. The Morgan fingerprint density at radius 1 is 1.11 bits per heavy atom. The minimum absolute atomic E-state index is 0.0548. The number of aryl methyl sites for hydroxylation is 1. The predicted molar refractivity (Wildman–Crippen MR) is 107 cm³/mol. The van der Waals surface area contributed by atoms with Crippen LogP contribution < -0.4 is 5.32 Å². The van der Waals surface area contributed by atoms with Crippen molar-refractivity contribution in [3.05, 3.63) is 47.8 Å². The monoisotopic (exact) mass is 384 g/mol. The Morgan fingerprint density at radius 2 is 1.75 bits per heavy atom. The van der Waals surface area contributed by atoms with Gasteiger partial charge in [-0.3, -0.25) is 4.79 Å². The van der Waals surface area contributed by atoms with E-state index in [-0.39, 0.29) is 18.0 Å². The highest BCUT2D eigenvalue weighted by Gasteiger charge is 2.27. The summed E-state index contributed by atoms with van der Waals surface area (Å²) < 4.78 is 7.23. The summed E-state index contributed by atoms with van der Waals surface area (Å²) in [6.45, 7) is 8.72. The number of likely N-dealkylation sites (tertiary alicyclic amines) is 1. The average molecular weight is 384 g/mol. The molecular weight excluding hydrogens is 356 g/mol. The third-order valence-electron chi connectivity index (χ3n) is 4.69. The Bertz CT molecular complexity index is 828. The number of carbonyl (C=O) groups excluding carboxylic acids is 2. The van der Waals surface area contributed by atoms with Crippen LogP contribution in [0.25, 0.3) is 5.69 Å².